The van der Waals surface area contributed by atoms with E-state index in [1.165, 1.54) is 12.1 Å². The van der Waals surface area contributed by atoms with Gasteiger partial charge >= 0.3 is 0 Å². The van der Waals surface area contributed by atoms with E-state index in [0.717, 1.165) is 18.2 Å². The molecule has 0 spiro atoms. The fourth-order valence-electron chi connectivity index (χ4n) is 2.01. The highest BCUT2D eigenvalue weighted by molar-refractivity contribution is 7.88. The standard InChI is InChI=1S/C12H15FN2O3S/c1-19(17,18)14-8-12(16)15-7-6-11(15)9-2-4-10(13)5-3-9/h2-5,11,14H,6-8H2,1H3. The van der Waals surface area contributed by atoms with Crippen molar-refractivity contribution in [1.29, 1.82) is 0 Å². The fraction of sp³-hybridized carbons (Fsp3) is 0.417. The lowest BCUT2D eigenvalue weighted by atomic mass is 9.94. The van der Waals surface area contributed by atoms with Crippen molar-refractivity contribution in [3.05, 3.63) is 35.6 Å². The van der Waals surface area contributed by atoms with Gasteiger partial charge in [0.25, 0.3) is 0 Å². The van der Waals surface area contributed by atoms with E-state index in [-0.39, 0.29) is 24.3 Å². The molecule has 0 saturated carbocycles. The third-order valence-corrected chi connectivity index (χ3v) is 3.75. The van der Waals surface area contributed by atoms with Gasteiger partial charge in [-0.2, -0.15) is 0 Å². The summed E-state index contributed by atoms with van der Waals surface area (Å²) in [5.41, 5.74) is 0.861. The maximum absolute atomic E-state index is 12.8. The molecular weight excluding hydrogens is 271 g/mol. The Labute approximate surface area is 111 Å². The van der Waals surface area contributed by atoms with Crippen LogP contribution in [-0.4, -0.2) is 38.6 Å². The summed E-state index contributed by atoms with van der Waals surface area (Å²) in [5.74, 6) is -0.592. The largest absolute Gasteiger partial charge is 0.334 e. The summed E-state index contributed by atoms with van der Waals surface area (Å²) in [7, 11) is -3.37. The van der Waals surface area contributed by atoms with Crippen molar-refractivity contribution < 1.29 is 17.6 Å². The zero-order valence-corrected chi connectivity index (χ0v) is 11.3. The summed E-state index contributed by atoms with van der Waals surface area (Å²) in [6, 6.07) is 5.90. The molecule has 0 aliphatic carbocycles. The van der Waals surface area contributed by atoms with Crippen molar-refractivity contribution in [2.75, 3.05) is 19.3 Å². The van der Waals surface area contributed by atoms with Crippen LogP contribution in [0, 0.1) is 5.82 Å². The van der Waals surface area contributed by atoms with Gasteiger partial charge in [0.05, 0.1) is 18.8 Å². The molecule has 1 aromatic rings. The van der Waals surface area contributed by atoms with Gasteiger partial charge in [-0.05, 0) is 24.1 Å². The van der Waals surface area contributed by atoms with Crippen molar-refractivity contribution in [2.24, 2.45) is 0 Å². The van der Waals surface area contributed by atoms with Crippen LogP contribution in [0.2, 0.25) is 0 Å². The molecular formula is C12H15FN2O3S. The molecule has 1 amide bonds. The van der Waals surface area contributed by atoms with Gasteiger partial charge in [0.1, 0.15) is 5.82 Å². The van der Waals surface area contributed by atoms with Crippen molar-refractivity contribution in [3.8, 4) is 0 Å². The Hall–Kier alpha value is -1.47. The van der Waals surface area contributed by atoms with E-state index in [0.29, 0.717) is 6.54 Å². The number of halogens is 1. The monoisotopic (exact) mass is 286 g/mol. The normalized spacial score (nSPS) is 19.1. The lowest BCUT2D eigenvalue weighted by Crippen LogP contribution is -2.49. The Morgan fingerprint density at radius 3 is 2.53 bits per heavy atom. The van der Waals surface area contributed by atoms with Crippen molar-refractivity contribution in [2.45, 2.75) is 12.5 Å². The highest BCUT2D eigenvalue weighted by Crippen LogP contribution is 2.32. The second-order valence-electron chi connectivity index (χ2n) is 4.54. The Morgan fingerprint density at radius 2 is 2.05 bits per heavy atom. The molecule has 1 heterocycles. The molecule has 0 aromatic heterocycles. The third-order valence-electron chi connectivity index (χ3n) is 3.08. The summed E-state index contributed by atoms with van der Waals surface area (Å²) in [6.07, 6.45) is 1.81. The first-order chi connectivity index (χ1) is 8.87. The minimum atomic E-state index is -3.37. The second-order valence-corrected chi connectivity index (χ2v) is 6.37. The Kier molecular flexibility index (Phi) is 3.86. The lowest BCUT2D eigenvalue weighted by molar-refractivity contribution is -0.137. The van der Waals surface area contributed by atoms with Gasteiger partial charge in [-0.1, -0.05) is 12.1 Å². The first kappa shape index (κ1) is 14.0. The number of benzene rings is 1. The number of hydrogen-bond acceptors (Lipinski definition) is 3. The summed E-state index contributed by atoms with van der Waals surface area (Å²) in [4.78, 5) is 13.4. The predicted octanol–water partition coefficient (Wildman–Crippen LogP) is 0.648. The van der Waals surface area contributed by atoms with Gasteiger partial charge in [0, 0.05) is 6.54 Å². The zero-order chi connectivity index (χ0) is 14.0. The molecule has 5 nitrogen and oxygen atoms in total. The Balaban J connectivity index is 1.98. The van der Waals surface area contributed by atoms with E-state index in [1.807, 2.05) is 0 Å². The maximum Gasteiger partial charge on any atom is 0.238 e. The number of nitrogens with zero attached hydrogens (tertiary/aromatic N) is 1. The minimum absolute atomic E-state index is 0.0885. The number of rotatable bonds is 4. The Bertz CT molecular complexity index is 571. The molecule has 1 fully saturated rings. The van der Waals surface area contributed by atoms with Crippen LogP contribution in [0.25, 0.3) is 0 Å². The number of hydrogen-bond donors (Lipinski definition) is 1. The molecule has 1 N–H and O–H groups in total. The quantitative estimate of drug-likeness (QED) is 0.883. The molecule has 104 valence electrons. The molecule has 0 radical (unpaired) electrons. The molecule has 0 bridgehead atoms. The van der Waals surface area contributed by atoms with Crippen LogP contribution < -0.4 is 4.72 Å². The van der Waals surface area contributed by atoms with Crippen LogP contribution in [0.1, 0.15) is 18.0 Å². The number of likely N-dealkylation sites (tertiary alicyclic amines) is 1. The topological polar surface area (TPSA) is 66.5 Å². The van der Waals surface area contributed by atoms with E-state index in [2.05, 4.69) is 4.72 Å². The van der Waals surface area contributed by atoms with E-state index in [4.69, 9.17) is 0 Å². The Morgan fingerprint density at radius 1 is 1.42 bits per heavy atom. The average Bonchev–Trinajstić information content (AvgIpc) is 2.27. The van der Waals surface area contributed by atoms with E-state index in [9.17, 15) is 17.6 Å². The number of carbonyl (C=O) groups excluding carboxylic acids is 1. The van der Waals surface area contributed by atoms with Crippen LogP contribution in [0.3, 0.4) is 0 Å². The van der Waals surface area contributed by atoms with Crippen LogP contribution >= 0.6 is 0 Å². The van der Waals surface area contributed by atoms with Crippen LogP contribution in [0.5, 0.6) is 0 Å². The summed E-state index contributed by atoms with van der Waals surface area (Å²) in [5, 5.41) is 0. The van der Waals surface area contributed by atoms with Gasteiger partial charge in [-0.25, -0.2) is 17.5 Å². The second kappa shape index (κ2) is 5.26. The van der Waals surface area contributed by atoms with Crippen molar-refractivity contribution in [1.82, 2.24) is 9.62 Å². The van der Waals surface area contributed by atoms with Gasteiger partial charge in [0.2, 0.25) is 15.9 Å². The molecule has 2 rings (SSSR count). The predicted molar refractivity (Wildman–Crippen MR) is 68.3 cm³/mol. The molecule has 1 aromatic carbocycles. The zero-order valence-electron chi connectivity index (χ0n) is 10.5. The van der Waals surface area contributed by atoms with E-state index < -0.39 is 10.0 Å². The molecule has 1 aliphatic heterocycles. The first-order valence-electron chi connectivity index (χ1n) is 5.86. The lowest BCUT2D eigenvalue weighted by Gasteiger charge is -2.41. The number of nitrogens with one attached hydrogen (secondary N) is 1. The number of amides is 1. The molecule has 19 heavy (non-hydrogen) atoms. The van der Waals surface area contributed by atoms with Crippen LogP contribution in [0.4, 0.5) is 4.39 Å². The number of carbonyl (C=O) groups is 1. The smallest absolute Gasteiger partial charge is 0.238 e. The first-order valence-corrected chi connectivity index (χ1v) is 7.75. The highest BCUT2D eigenvalue weighted by Gasteiger charge is 2.33. The fourth-order valence-corrected chi connectivity index (χ4v) is 2.40. The molecule has 1 aliphatic rings. The van der Waals surface area contributed by atoms with Gasteiger partial charge in [-0.3, -0.25) is 4.79 Å². The maximum atomic E-state index is 12.8. The average molecular weight is 286 g/mol. The molecule has 1 saturated heterocycles. The van der Waals surface area contributed by atoms with Crippen molar-refractivity contribution >= 4 is 15.9 Å². The highest BCUT2D eigenvalue weighted by atomic mass is 32.2. The van der Waals surface area contributed by atoms with Crippen LogP contribution in [0.15, 0.2) is 24.3 Å². The van der Waals surface area contributed by atoms with Gasteiger partial charge < -0.3 is 4.90 Å². The molecule has 1 unspecified atom stereocenters. The van der Waals surface area contributed by atoms with E-state index >= 15 is 0 Å². The van der Waals surface area contributed by atoms with Crippen molar-refractivity contribution in [3.63, 3.8) is 0 Å². The summed E-state index contributed by atoms with van der Waals surface area (Å²) >= 11 is 0. The van der Waals surface area contributed by atoms with Gasteiger partial charge in [-0.15, -0.1) is 0 Å². The minimum Gasteiger partial charge on any atom is -0.334 e. The van der Waals surface area contributed by atoms with Gasteiger partial charge in [0.15, 0.2) is 0 Å². The SMILES string of the molecule is CS(=O)(=O)NCC(=O)N1CCC1c1ccc(F)cc1. The number of sulfonamides is 1. The van der Waals surface area contributed by atoms with Crippen LogP contribution in [-0.2, 0) is 14.8 Å². The van der Waals surface area contributed by atoms with E-state index in [1.54, 1.807) is 17.0 Å². The third kappa shape index (κ3) is 3.51. The molecule has 1 atom stereocenters. The molecule has 7 heteroatoms. The summed E-state index contributed by atoms with van der Waals surface area (Å²) in [6.45, 7) is 0.350. The summed E-state index contributed by atoms with van der Waals surface area (Å²) < 4.78 is 36.9.